The lowest BCUT2D eigenvalue weighted by Crippen LogP contribution is -2.14. The van der Waals surface area contributed by atoms with Crippen molar-refractivity contribution in [2.75, 3.05) is 0 Å². The number of aliphatic carboxylic acids is 1. The van der Waals surface area contributed by atoms with Crippen LogP contribution in [0.15, 0.2) is 22.7 Å². The highest BCUT2D eigenvalue weighted by Gasteiger charge is 2.24. The molecule has 1 aromatic rings. The SMILES string of the molecule is O=C(O)C(=O)c1ccc(Br)cc1[N+](=O)[O-]. The third-order valence-corrected chi connectivity index (χ3v) is 2.09. The molecular formula is C8H4BrNO5. The van der Waals surface area contributed by atoms with Gasteiger partial charge in [-0.05, 0) is 12.1 Å². The molecule has 0 fully saturated rings. The number of nitro benzene ring substituents is 1. The number of hydrogen-bond acceptors (Lipinski definition) is 4. The van der Waals surface area contributed by atoms with Crippen LogP contribution >= 0.6 is 15.9 Å². The fourth-order valence-corrected chi connectivity index (χ4v) is 1.31. The van der Waals surface area contributed by atoms with Gasteiger partial charge in [-0.15, -0.1) is 0 Å². The first-order valence-corrected chi connectivity index (χ1v) is 4.44. The minimum atomic E-state index is -1.72. The van der Waals surface area contributed by atoms with Crippen LogP contribution in [0.5, 0.6) is 0 Å². The fraction of sp³-hybridized carbons (Fsp3) is 0. The lowest BCUT2D eigenvalue weighted by molar-refractivity contribution is -0.385. The van der Waals surface area contributed by atoms with Crippen molar-refractivity contribution in [2.45, 2.75) is 0 Å². The number of carbonyl (C=O) groups is 2. The molecule has 0 heterocycles. The monoisotopic (exact) mass is 273 g/mol. The molecule has 1 N–H and O–H groups in total. The third kappa shape index (κ3) is 2.38. The molecule has 0 aliphatic heterocycles. The number of carboxylic acids is 1. The number of Topliss-reactive ketones (excluding diaryl/α,β-unsaturated/α-hetero) is 1. The van der Waals surface area contributed by atoms with Gasteiger partial charge in [0, 0.05) is 10.5 Å². The average Bonchev–Trinajstić information content (AvgIpc) is 2.16. The van der Waals surface area contributed by atoms with Crippen LogP contribution in [0.1, 0.15) is 10.4 Å². The summed E-state index contributed by atoms with van der Waals surface area (Å²) in [5, 5.41) is 19.0. The van der Waals surface area contributed by atoms with Gasteiger partial charge in [-0.2, -0.15) is 0 Å². The van der Waals surface area contributed by atoms with Gasteiger partial charge >= 0.3 is 5.97 Å². The first-order chi connectivity index (χ1) is 6.93. The van der Waals surface area contributed by atoms with E-state index in [0.717, 1.165) is 12.1 Å². The van der Waals surface area contributed by atoms with Gasteiger partial charge in [0.25, 0.3) is 11.5 Å². The number of carbonyl (C=O) groups excluding carboxylic acids is 1. The molecule has 0 atom stereocenters. The van der Waals surface area contributed by atoms with Gasteiger partial charge in [-0.25, -0.2) is 4.79 Å². The summed E-state index contributed by atoms with van der Waals surface area (Å²) in [4.78, 5) is 31.2. The third-order valence-electron chi connectivity index (χ3n) is 1.60. The van der Waals surface area contributed by atoms with E-state index < -0.39 is 27.9 Å². The molecule has 0 saturated carbocycles. The molecule has 6 nitrogen and oxygen atoms in total. The van der Waals surface area contributed by atoms with Gasteiger partial charge in [0.1, 0.15) is 5.56 Å². The number of nitro groups is 1. The van der Waals surface area contributed by atoms with Crippen molar-refractivity contribution in [3.63, 3.8) is 0 Å². The molecule has 7 heteroatoms. The summed E-state index contributed by atoms with van der Waals surface area (Å²) in [6, 6.07) is 3.54. The maximum absolute atomic E-state index is 11.1. The number of hydrogen-bond donors (Lipinski definition) is 1. The van der Waals surface area contributed by atoms with Crippen LogP contribution in [0, 0.1) is 10.1 Å². The lowest BCUT2D eigenvalue weighted by Gasteiger charge is -1.99. The predicted molar refractivity (Wildman–Crippen MR) is 52.8 cm³/mol. The molecule has 0 aliphatic carbocycles. The van der Waals surface area contributed by atoms with Crippen molar-refractivity contribution < 1.29 is 19.6 Å². The second-order valence-electron chi connectivity index (χ2n) is 2.55. The number of nitrogens with zero attached hydrogens (tertiary/aromatic N) is 1. The van der Waals surface area contributed by atoms with E-state index >= 15 is 0 Å². The van der Waals surface area contributed by atoms with Crippen LogP contribution in [0.4, 0.5) is 5.69 Å². The number of carboxylic acid groups (broad SMARTS) is 1. The number of halogens is 1. The van der Waals surface area contributed by atoms with Gasteiger partial charge in [-0.1, -0.05) is 15.9 Å². The molecule has 0 saturated heterocycles. The van der Waals surface area contributed by atoms with Gasteiger partial charge < -0.3 is 5.11 Å². The van der Waals surface area contributed by atoms with E-state index in [9.17, 15) is 19.7 Å². The minimum absolute atomic E-state index is 0.399. The molecule has 0 unspecified atom stereocenters. The normalized spacial score (nSPS) is 9.67. The van der Waals surface area contributed by atoms with Crippen molar-refractivity contribution >= 4 is 33.4 Å². The van der Waals surface area contributed by atoms with Gasteiger partial charge in [0.2, 0.25) is 0 Å². The second-order valence-corrected chi connectivity index (χ2v) is 3.47. The van der Waals surface area contributed by atoms with Crippen molar-refractivity contribution in [1.29, 1.82) is 0 Å². The van der Waals surface area contributed by atoms with Gasteiger partial charge in [0.15, 0.2) is 0 Å². The molecule has 0 bridgehead atoms. The average molecular weight is 274 g/mol. The number of rotatable bonds is 3. The van der Waals surface area contributed by atoms with Crippen LogP contribution in [-0.4, -0.2) is 21.8 Å². The molecule has 1 rings (SSSR count). The van der Waals surface area contributed by atoms with E-state index in [-0.39, 0.29) is 0 Å². The highest BCUT2D eigenvalue weighted by Crippen LogP contribution is 2.23. The summed E-state index contributed by atoms with van der Waals surface area (Å²) in [6.07, 6.45) is 0. The van der Waals surface area contributed by atoms with Crippen LogP contribution < -0.4 is 0 Å². The Morgan fingerprint density at radius 2 is 2.00 bits per heavy atom. The van der Waals surface area contributed by atoms with E-state index in [2.05, 4.69) is 15.9 Å². The van der Waals surface area contributed by atoms with Crippen molar-refractivity contribution in [3.8, 4) is 0 Å². The minimum Gasteiger partial charge on any atom is -0.475 e. The zero-order chi connectivity index (χ0) is 11.6. The Hall–Kier alpha value is -1.76. The van der Waals surface area contributed by atoms with Crippen LogP contribution in [0.3, 0.4) is 0 Å². The Kier molecular flexibility index (Phi) is 3.15. The van der Waals surface area contributed by atoms with Crippen LogP contribution in [-0.2, 0) is 4.79 Å². The maximum Gasteiger partial charge on any atom is 0.377 e. The molecule has 15 heavy (non-hydrogen) atoms. The largest absolute Gasteiger partial charge is 0.475 e. The van der Waals surface area contributed by atoms with Gasteiger partial charge in [0.05, 0.1) is 4.92 Å². The molecule has 1 aromatic carbocycles. The van der Waals surface area contributed by atoms with Crippen molar-refractivity contribution in [1.82, 2.24) is 0 Å². The highest BCUT2D eigenvalue weighted by molar-refractivity contribution is 9.10. The predicted octanol–water partition coefficient (Wildman–Crippen LogP) is 1.62. The maximum atomic E-state index is 11.1. The molecule has 0 spiro atoms. The molecule has 0 amide bonds. The van der Waals surface area contributed by atoms with Crippen LogP contribution in [0.2, 0.25) is 0 Å². The summed E-state index contributed by atoms with van der Waals surface area (Å²) in [6.45, 7) is 0. The Balaban J connectivity index is 3.35. The Morgan fingerprint density at radius 1 is 1.40 bits per heavy atom. The standard InChI is InChI=1S/C8H4BrNO5/c9-4-1-2-5(7(11)8(12)13)6(3-4)10(14)15/h1-3H,(H,12,13). The Morgan fingerprint density at radius 3 is 2.47 bits per heavy atom. The summed E-state index contributed by atoms with van der Waals surface area (Å²) in [7, 11) is 0. The number of ketones is 1. The van der Waals surface area contributed by atoms with E-state index in [0.29, 0.717) is 4.47 Å². The van der Waals surface area contributed by atoms with E-state index in [1.54, 1.807) is 0 Å². The summed E-state index contributed by atoms with van der Waals surface area (Å²) < 4.78 is 0.399. The smallest absolute Gasteiger partial charge is 0.377 e. The molecule has 0 radical (unpaired) electrons. The van der Waals surface area contributed by atoms with Crippen LogP contribution in [0.25, 0.3) is 0 Å². The molecule has 78 valence electrons. The Labute approximate surface area is 91.8 Å². The molecular weight excluding hydrogens is 270 g/mol. The number of benzene rings is 1. The molecule has 0 aliphatic rings. The van der Waals surface area contributed by atoms with E-state index in [1.807, 2.05) is 0 Å². The van der Waals surface area contributed by atoms with Crippen molar-refractivity contribution in [3.05, 3.63) is 38.3 Å². The second kappa shape index (κ2) is 4.18. The summed E-state index contributed by atoms with van der Waals surface area (Å²) >= 11 is 2.99. The highest BCUT2D eigenvalue weighted by atomic mass is 79.9. The fourth-order valence-electron chi connectivity index (χ4n) is 0.963. The van der Waals surface area contributed by atoms with E-state index in [1.165, 1.54) is 6.07 Å². The van der Waals surface area contributed by atoms with Crippen molar-refractivity contribution in [2.24, 2.45) is 0 Å². The molecule has 0 aromatic heterocycles. The zero-order valence-electron chi connectivity index (χ0n) is 7.14. The quantitative estimate of drug-likeness (QED) is 0.391. The lowest BCUT2D eigenvalue weighted by atomic mass is 10.1. The topological polar surface area (TPSA) is 97.5 Å². The van der Waals surface area contributed by atoms with E-state index in [4.69, 9.17) is 5.11 Å². The summed E-state index contributed by atoms with van der Waals surface area (Å²) in [5.74, 6) is -3.02. The van der Waals surface area contributed by atoms with Gasteiger partial charge in [-0.3, -0.25) is 14.9 Å². The summed E-state index contributed by atoms with van der Waals surface area (Å²) in [5.41, 5.74) is -0.965. The Bertz CT molecular complexity index is 456. The first-order valence-electron chi connectivity index (χ1n) is 3.65. The first kappa shape index (κ1) is 11.3. The zero-order valence-corrected chi connectivity index (χ0v) is 8.72.